The molecule has 0 aliphatic carbocycles. The van der Waals surface area contributed by atoms with Gasteiger partial charge in [-0.05, 0) is 61.8 Å². The zero-order valence-electron chi connectivity index (χ0n) is 18.8. The normalized spacial score (nSPS) is 17.4. The number of hydrogen-bond donors (Lipinski definition) is 2. The highest BCUT2D eigenvalue weighted by atomic mass is 127. The fourth-order valence-electron chi connectivity index (χ4n) is 4.43. The number of thiophene rings is 1. The van der Waals surface area contributed by atoms with Gasteiger partial charge in [-0.15, -0.1) is 35.3 Å². The van der Waals surface area contributed by atoms with Gasteiger partial charge in [0.15, 0.2) is 5.96 Å². The number of likely N-dealkylation sites (tertiary alicyclic amines) is 1. The number of fused-ring (bicyclic) bond motifs is 1. The number of nitrogens with one attached hydrogen (secondary N) is 2. The standard InChI is InChI=1S/C24H33N5OS.HI/c1-2-25-24(26-16-21(22-10-7-15-31-22)28-12-5-6-13-28)27-17-23(30)29-14-11-19-8-3-4-9-20(19)18-29;/h3-4,7-10,15,21H,2,5-6,11-14,16-18H2,1H3,(H2,25,26,27);1H. The molecule has 6 nitrogen and oxygen atoms in total. The fourth-order valence-corrected chi connectivity index (χ4v) is 5.30. The molecule has 1 saturated heterocycles. The van der Waals surface area contributed by atoms with Gasteiger partial charge < -0.3 is 15.5 Å². The minimum atomic E-state index is 0. The van der Waals surface area contributed by atoms with Crippen molar-refractivity contribution in [2.75, 3.05) is 39.3 Å². The van der Waals surface area contributed by atoms with Crippen molar-refractivity contribution in [2.24, 2.45) is 4.99 Å². The summed E-state index contributed by atoms with van der Waals surface area (Å²) in [6.07, 6.45) is 3.45. The zero-order chi connectivity index (χ0) is 21.5. The number of carbonyl (C=O) groups excluding carboxylic acids is 1. The Kier molecular flexibility index (Phi) is 9.80. The van der Waals surface area contributed by atoms with Gasteiger partial charge in [-0.2, -0.15) is 0 Å². The molecule has 0 bridgehead atoms. The van der Waals surface area contributed by atoms with Crippen LogP contribution in [0.25, 0.3) is 0 Å². The number of aliphatic imine (C=N–C) groups is 1. The van der Waals surface area contributed by atoms with E-state index in [9.17, 15) is 4.79 Å². The molecule has 4 rings (SSSR count). The van der Waals surface area contributed by atoms with E-state index in [2.05, 4.69) is 63.2 Å². The molecule has 8 heteroatoms. The van der Waals surface area contributed by atoms with E-state index in [1.807, 2.05) is 22.3 Å². The lowest BCUT2D eigenvalue weighted by molar-refractivity contribution is -0.130. The first kappa shape index (κ1) is 25.0. The third-order valence-electron chi connectivity index (χ3n) is 6.12. The molecule has 0 saturated carbocycles. The molecule has 3 heterocycles. The van der Waals surface area contributed by atoms with Crippen LogP contribution in [0, 0.1) is 0 Å². The van der Waals surface area contributed by atoms with Crippen molar-refractivity contribution in [3.63, 3.8) is 0 Å². The average molecular weight is 568 g/mol. The second-order valence-corrected chi connectivity index (χ2v) is 9.16. The third kappa shape index (κ3) is 6.45. The molecular weight excluding hydrogens is 533 g/mol. The van der Waals surface area contributed by atoms with E-state index in [1.54, 1.807) is 0 Å². The molecule has 1 aromatic carbocycles. The van der Waals surface area contributed by atoms with Crippen molar-refractivity contribution < 1.29 is 4.79 Å². The van der Waals surface area contributed by atoms with E-state index in [1.165, 1.54) is 28.8 Å². The summed E-state index contributed by atoms with van der Waals surface area (Å²) >= 11 is 1.81. The van der Waals surface area contributed by atoms with Crippen LogP contribution in [-0.2, 0) is 17.8 Å². The van der Waals surface area contributed by atoms with E-state index in [4.69, 9.17) is 0 Å². The lowest BCUT2D eigenvalue weighted by Gasteiger charge is -2.29. The first-order chi connectivity index (χ1) is 15.2. The largest absolute Gasteiger partial charge is 0.357 e. The highest BCUT2D eigenvalue weighted by Gasteiger charge is 2.24. The van der Waals surface area contributed by atoms with Crippen LogP contribution in [0.5, 0.6) is 0 Å². The lowest BCUT2D eigenvalue weighted by Crippen LogP contribution is -2.43. The molecule has 1 atom stereocenters. The second-order valence-electron chi connectivity index (χ2n) is 8.18. The molecule has 1 fully saturated rings. The Bertz CT molecular complexity index is 882. The van der Waals surface area contributed by atoms with Crippen LogP contribution < -0.4 is 10.6 Å². The van der Waals surface area contributed by atoms with E-state index in [0.717, 1.165) is 39.1 Å². The summed E-state index contributed by atoms with van der Waals surface area (Å²) in [5, 5.41) is 8.94. The quantitative estimate of drug-likeness (QED) is 0.305. The Labute approximate surface area is 212 Å². The van der Waals surface area contributed by atoms with Gasteiger partial charge in [-0.3, -0.25) is 9.69 Å². The summed E-state index contributed by atoms with van der Waals surface area (Å²) in [7, 11) is 0. The van der Waals surface area contributed by atoms with Crippen molar-refractivity contribution in [1.29, 1.82) is 0 Å². The van der Waals surface area contributed by atoms with Gasteiger partial charge in [0.05, 0.1) is 6.04 Å². The van der Waals surface area contributed by atoms with Crippen LogP contribution in [0.15, 0.2) is 46.8 Å². The first-order valence-corrected chi connectivity index (χ1v) is 12.3. The minimum Gasteiger partial charge on any atom is -0.357 e. The van der Waals surface area contributed by atoms with Crippen LogP contribution in [0.1, 0.15) is 41.8 Å². The minimum absolute atomic E-state index is 0. The predicted octanol–water partition coefficient (Wildman–Crippen LogP) is 3.64. The second kappa shape index (κ2) is 12.6. The monoisotopic (exact) mass is 567 g/mol. The maximum absolute atomic E-state index is 12.8. The van der Waals surface area contributed by atoms with Gasteiger partial charge in [0.1, 0.15) is 6.54 Å². The van der Waals surface area contributed by atoms with Gasteiger partial charge in [0, 0.05) is 31.1 Å². The molecule has 1 amide bonds. The number of benzene rings is 1. The Balaban J connectivity index is 0.00000289. The van der Waals surface area contributed by atoms with Crippen LogP contribution in [0.4, 0.5) is 0 Å². The van der Waals surface area contributed by atoms with Gasteiger partial charge in [-0.25, -0.2) is 4.99 Å². The van der Waals surface area contributed by atoms with Crippen molar-refractivity contribution in [2.45, 2.75) is 38.8 Å². The van der Waals surface area contributed by atoms with Crippen LogP contribution in [0.3, 0.4) is 0 Å². The molecule has 2 aromatic rings. The van der Waals surface area contributed by atoms with E-state index in [-0.39, 0.29) is 36.4 Å². The predicted molar refractivity (Wildman–Crippen MR) is 143 cm³/mol. The number of guanidine groups is 1. The molecule has 0 radical (unpaired) electrons. The molecule has 1 aromatic heterocycles. The number of halogens is 1. The smallest absolute Gasteiger partial charge is 0.244 e. The van der Waals surface area contributed by atoms with E-state index < -0.39 is 0 Å². The summed E-state index contributed by atoms with van der Waals surface area (Å²) in [4.78, 5) is 23.3. The molecule has 32 heavy (non-hydrogen) atoms. The van der Waals surface area contributed by atoms with Gasteiger partial charge in [0.2, 0.25) is 5.91 Å². The van der Waals surface area contributed by atoms with Crippen molar-refractivity contribution in [3.05, 3.63) is 57.8 Å². The molecule has 2 N–H and O–H groups in total. The van der Waals surface area contributed by atoms with Gasteiger partial charge >= 0.3 is 0 Å². The topological polar surface area (TPSA) is 60.0 Å². The van der Waals surface area contributed by atoms with Gasteiger partial charge in [0.25, 0.3) is 0 Å². The fraction of sp³-hybridized carbons (Fsp3) is 0.500. The summed E-state index contributed by atoms with van der Waals surface area (Å²) in [5.41, 5.74) is 2.60. The molecule has 0 spiro atoms. The highest BCUT2D eigenvalue weighted by Crippen LogP contribution is 2.27. The molecule has 1 unspecified atom stereocenters. The summed E-state index contributed by atoms with van der Waals surface area (Å²) < 4.78 is 0. The number of hydrogen-bond acceptors (Lipinski definition) is 4. The number of nitrogens with zero attached hydrogens (tertiary/aromatic N) is 3. The first-order valence-electron chi connectivity index (χ1n) is 11.4. The SMILES string of the molecule is CCNC(=NCC(=O)N1CCc2ccccc2C1)NCC(c1cccs1)N1CCCC1.I. The van der Waals surface area contributed by atoms with Gasteiger partial charge in [-0.1, -0.05) is 30.3 Å². The van der Waals surface area contributed by atoms with Crippen molar-refractivity contribution >= 4 is 47.2 Å². The summed E-state index contributed by atoms with van der Waals surface area (Å²) in [5.74, 6) is 0.801. The molecular formula is C24H34IN5OS. The van der Waals surface area contributed by atoms with Crippen molar-refractivity contribution in [1.82, 2.24) is 20.4 Å². The number of rotatable bonds is 7. The van der Waals surface area contributed by atoms with E-state index in [0.29, 0.717) is 18.5 Å². The summed E-state index contributed by atoms with van der Waals surface area (Å²) in [6.45, 7) is 7.53. The maximum Gasteiger partial charge on any atom is 0.244 e. The lowest BCUT2D eigenvalue weighted by atomic mass is 10.00. The zero-order valence-corrected chi connectivity index (χ0v) is 21.9. The third-order valence-corrected chi connectivity index (χ3v) is 7.09. The Morgan fingerprint density at radius 1 is 1.09 bits per heavy atom. The number of amides is 1. The highest BCUT2D eigenvalue weighted by molar-refractivity contribution is 14.0. The Morgan fingerprint density at radius 3 is 2.59 bits per heavy atom. The number of carbonyl (C=O) groups is 1. The molecule has 2 aliphatic heterocycles. The Morgan fingerprint density at radius 2 is 1.88 bits per heavy atom. The molecule has 2 aliphatic rings. The van der Waals surface area contributed by atoms with Crippen molar-refractivity contribution in [3.8, 4) is 0 Å². The van der Waals surface area contributed by atoms with E-state index >= 15 is 0 Å². The Hall–Kier alpha value is -1.65. The summed E-state index contributed by atoms with van der Waals surface area (Å²) in [6, 6.07) is 13.1. The average Bonchev–Trinajstić information content (AvgIpc) is 3.52. The van der Waals surface area contributed by atoms with Crippen LogP contribution >= 0.6 is 35.3 Å². The maximum atomic E-state index is 12.8. The van der Waals surface area contributed by atoms with Crippen LogP contribution in [0.2, 0.25) is 0 Å². The molecule has 174 valence electrons. The van der Waals surface area contributed by atoms with Crippen LogP contribution in [-0.4, -0.2) is 60.9 Å².